The summed E-state index contributed by atoms with van der Waals surface area (Å²) in [4.78, 5) is 2.36. The number of fused-ring (bicyclic) bond motifs is 1. The molecule has 2 fully saturated rings. The Balaban J connectivity index is 1.48. The molecule has 0 N–H and O–H groups in total. The molecule has 4 rings (SSSR count). The molecular formula is C15H16FN3O. The second-order valence-electron chi connectivity index (χ2n) is 6.24. The highest BCUT2D eigenvalue weighted by Gasteiger charge is 2.56. The zero-order chi connectivity index (χ0) is 13.7. The average molecular weight is 273 g/mol. The SMILES string of the molecule is CC12CC1CN(Cc1nnc(-c3cccc(F)c3)o1)C2. The molecule has 1 aromatic carbocycles. The van der Waals surface area contributed by atoms with Crippen molar-refractivity contribution < 1.29 is 8.81 Å². The Morgan fingerprint density at radius 2 is 2.35 bits per heavy atom. The van der Waals surface area contributed by atoms with Crippen LogP contribution in [0.1, 0.15) is 19.2 Å². The predicted molar refractivity (Wildman–Crippen MR) is 71.2 cm³/mol. The smallest absolute Gasteiger partial charge is 0.247 e. The highest BCUT2D eigenvalue weighted by atomic mass is 19.1. The molecule has 2 atom stereocenters. The third-order valence-electron chi connectivity index (χ3n) is 4.50. The van der Waals surface area contributed by atoms with Gasteiger partial charge in [-0.05, 0) is 36.0 Å². The van der Waals surface area contributed by atoms with Crippen LogP contribution < -0.4 is 0 Å². The molecule has 0 radical (unpaired) electrons. The number of benzene rings is 1. The van der Waals surface area contributed by atoms with Gasteiger partial charge in [0, 0.05) is 18.7 Å². The van der Waals surface area contributed by atoms with E-state index in [4.69, 9.17) is 4.42 Å². The maximum Gasteiger partial charge on any atom is 0.247 e. The minimum atomic E-state index is -0.296. The Kier molecular flexibility index (Phi) is 2.48. The lowest BCUT2D eigenvalue weighted by Crippen LogP contribution is -2.23. The Morgan fingerprint density at radius 1 is 1.45 bits per heavy atom. The Morgan fingerprint density at radius 3 is 3.10 bits per heavy atom. The van der Waals surface area contributed by atoms with Crippen LogP contribution in [0.5, 0.6) is 0 Å². The van der Waals surface area contributed by atoms with E-state index in [-0.39, 0.29) is 5.82 Å². The molecule has 2 aromatic rings. The molecule has 2 heterocycles. The average Bonchev–Trinajstić information content (AvgIpc) is 2.77. The van der Waals surface area contributed by atoms with E-state index < -0.39 is 0 Å². The third kappa shape index (κ3) is 2.02. The zero-order valence-electron chi connectivity index (χ0n) is 11.3. The van der Waals surface area contributed by atoms with E-state index in [1.807, 2.05) is 0 Å². The zero-order valence-corrected chi connectivity index (χ0v) is 11.3. The molecule has 2 aliphatic rings. The lowest BCUT2D eigenvalue weighted by Gasteiger charge is -2.16. The molecule has 5 heteroatoms. The molecule has 1 saturated carbocycles. The van der Waals surface area contributed by atoms with Gasteiger partial charge in [0.25, 0.3) is 0 Å². The summed E-state index contributed by atoms with van der Waals surface area (Å²) in [5.74, 6) is 1.53. The van der Waals surface area contributed by atoms with E-state index in [1.165, 1.54) is 18.6 Å². The normalized spacial score (nSPS) is 28.6. The predicted octanol–water partition coefficient (Wildman–Crippen LogP) is 2.72. The number of nitrogens with zero attached hydrogens (tertiary/aromatic N) is 3. The molecular weight excluding hydrogens is 257 g/mol. The molecule has 4 nitrogen and oxygen atoms in total. The van der Waals surface area contributed by atoms with Crippen molar-refractivity contribution in [1.29, 1.82) is 0 Å². The summed E-state index contributed by atoms with van der Waals surface area (Å²) < 4.78 is 18.8. The number of likely N-dealkylation sites (tertiary alicyclic amines) is 1. The van der Waals surface area contributed by atoms with Gasteiger partial charge in [-0.3, -0.25) is 4.90 Å². The van der Waals surface area contributed by atoms with Crippen LogP contribution in [-0.4, -0.2) is 28.2 Å². The van der Waals surface area contributed by atoms with Gasteiger partial charge < -0.3 is 4.42 Å². The van der Waals surface area contributed by atoms with E-state index in [9.17, 15) is 4.39 Å². The van der Waals surface area contributed by atoms with Gasteiger partial charge in [0.15, 0.2) is 0 Å². The number of aromatic nitrogens is 2. The Bertz CT molecular complexity index is 656. The molecule has 0 bridgehead atoms. The summed E-state index contributed by atoms with van der Waals surface area (Å²) in [6, 6.07) is 6.22. The molecule has 1 aromatic heterocycles. The van der Waals surface area contributed by atoms with Gasteiger partial charge in [0.2, 0.25) is 11.8 Å². The lowest BCUT2D eigenvalue weighted by molar-refractivity contribution is 0.251. The van der Waals surface area contributed by atoms with Crippen LogP contribution in [0.25, 0.3) is 11.5 Å². The van der Waals surface area contributed by atoms with Crippen LogP contribution in [0.4, 0.5) is 4.39 Å². The van der Waals surface area contributed by atoms with Crippen LogP contribution in [-0.2, 0) is 6.54 Å². The first kappa shape index (κ1) is 12.0. The van der Waals surface area contributed by atoms with Gasteiger partial charge in [-0.25, -0.2) is 4.39 Å². The Labute approximate surface area is 116 Å². The van der Waals surface area contributed by atoms with Crippen LogP contribution in [0.2, 0.25) is 0 Å². The summed E-state index contributed by atoms with van der Waals surface area (Å²) in [6.07, 6.45) is 1.35. The van der Waals surface area contributed by atoms with Crippen molar-refractivity contribution in [3.05, 3.63) is 36.0 Å². The summed E-state index contributed by atoms with van der Waals surface area (Å²) in [6.45, 7) is 5.25. The number of hydrogen-bond donors (Lipinski definition) is 0. The van der Waals surface area contributed by atoms with Crippen LogP contribution in [0.3, 0.4) is 0 Å². The van der Waals surface area contributed by atoms with Crippen LogP contribution >= 0.6 is 0 Å². The first-order valence-corrected chi connectivity index (χ1v) is 6.93. The fourth-order valence-corrected chi connectivity index (χ4v) is 3.24. The van der Waals surface area contributed by atoms with Crippen LogP contribution in [0.15, 0.2) is 28.7 Å². The van der Waals surface area contributed by atoms with Gasteiger partial charge >= 0.3 is 0 Å². The van der Waals surface area contributed by atoms with E-state index in [2.05, 4.69) is 22.0 Å². The largest absolute Gasteiger partial charge is 0.419 e. The molecule has 0 spiro atoms. The van der Waals surface area contributed by atoms with Gasteiger partial charge in [-0.1, -0.05) is 13.0 Å². The highest BCUT2D eigenvalue weighted by molar-refractivity contribution is 5.52. The molecule has 0 amide bonds. The molecule has 2 unspecified atom stereocenters. The first-order valence-electron chi connectivity index (χ1n) is 6.93. The maximum atomic E-state index is 13.2. The molecule has 1 aliphatic carbocycles. The van der Waals surface area contributed by atoms with Crippen molar-refractivity contribution in [2.24, 2.45) is 11.3 Å². The fraction of sp³-hybridized carbons (Fsp3) is 0.467. The molecule has 104 valence electrons. The van der Waals surface area contributed by atoms with E-state index >= 15 is 0 Å². The van der Waals surface area contributed by atoms with Crippen molar-refractivity contribution in [3.63, 3.8) is 0 Å². The lowest BCUT2D eigenvalue weighted by atomic mass is 10.1. The topological polar surface area (TPSA) is 42.2 Å². The number of halogens is 1. The minimum absolute atomic E-state index is 0.296. The van der Waals surface area contributed by atoms with Crippen molar-refractivity contribution in [3.8, 4) is 11.5 Å². The monoisotopic (exact) mass is 273 g/mol. The second-order valence-corrected chi connectivity index (χ2v) is 6.24. The van der Waals surface area contributed by atoms with Crippen molar-refractivity contribution in [2.75, 3.05) is 13.1 Å². The van der Waals surface area contributed by atoms with Gasteiger partial charge in [0.1, 0.15) is 5.82 Å². The Hall–Kier alpha value is -1.75. The second kappa shape index (κ2) is 4.12. The van der Waals surface area contributed by atoms with Crippen LogP contribution in [0, 0.1) is 17.2 Å². The standard InChI is InChI=1S/C15H16FN3O/c1-15-6-11(15)7-19(9-15)8-13-17-18-14(20-13)10-3-2-4-12(16)5-10/h2-5,11H,6-9H2,1H3. The quantitative estimate of drug-likeness (QED) is 0.862. The molecule has 1 saturated heterocycles. The fourth-order valence-electron chi connectivity index (χ4n) is 3.24. The third-order valence-corrected chi connectivity index (χ3v) is 4.50. The van der Waals surface area contributed by atoms with E-state index in [0.29, 0.717) is 29.3 Å². The first-order chi connectivity index (χ1) is 9.62. The summed E-state index contributed by atoms with van der Waals surface area (Å²) in [7, 11) is 0. The van der Waals surface area contributed by atoms with E-state index in [0.717, 1.165) is 19.0 Å². The summed E-state index contributed by atoms with van der Waals surface area (Å²) >= 11 is 0. The van der Waals surface area contributed by atoms with E-state index in [1.54, 1.807) is 12.1 Å². The number of hydrogen-bond acceptors (Lipinski definition) is 4. The number of piperidine rings is 1. The maximum absolute atomic E-state index is 13.2. The van der Waals surface area contributed by atoms with Crippen molar-refractivity contribution in [1.82, 2.24) is 15.1 Å². The molecule has 20 heavy (non-hydrogen) atoms. The highest BCUT2D eigenvalue weighted by Crippen LogP contribution is 2.57. The van der Waals surface area contributed by atoms with Crippen molar-refractivity contribution in [2.45, 2.75) is 19.9 Å². The molecule has 1 aliphatic heterocycles. The number of rotatable bonds is 3. The van der Waals surface area contributed by atoms with Gasteiger partial charge in [-0.15, -0.1) is 10.2 Å². The summed E-state index contributed by atoms with van der Waals surface area (Å²) in [5, 5.41) is 8.07. The van der Waals surface area contributed by atoms with Gasteiger partial charge in [0.05, 0.1) is 6.54 Å². The van der Waals surface area contributed by atoms with Crippen molar-refractivity contribution >= 4 is 0 Å². The minimum Gasteiger partial charge on any atom is -0.419 e. The van der Waals surface area contributed by atoms with Gasteiger partial charge in [-0.2, -0.15) is 0 Å². The summed E-state index contributed by atoms with van der Waals surface area (Å²) in [5.41, 5.74) is 1.14.